The predicted molar refractivity (Wildman–Crippen MR) is 289 cm³/mol. The number of carboxylic acids is 1. The Morgan fingerprint density at radius 3 is 1.35 bits per heavy atom. The molecule has 31 nitrogen and oxygen atoms in total. The number of benzene rings is 1. The van der Waals surface area contributed by atoms with Crippen molar-refractivity contribution in [3.05, 3.63) is 29.8 Å². The molecule has 22 N–H and O–H groups in total. The Morgan fingerprint density at radius 1 is 0.525 bits per heavy atom. The largest absolute Gasteiger partial charge is 0.508 e. The van der Waals surface area contributed by atoms with Crippen LogP contribution in [0.3, 0.4) is 0 Å². The number of carbonyl (C=O) groups excluding carboxylic acids is 13. The van der Waals surface area contributed by atoms with E-state index in [0.29, 0.717) is 24.0 Å². The molecule has 0 aliphatic heterocycles. The van der Waals surface area contributed by atoms with Gasteiger partial charge in [0, 0.05) is 0 Å². The highest BCUT2D eigenvalue weighted by Gasteiger charge is 2.36. The minimum atomic E-state index is -1.97. The van der Waals surface area contributed by atoms with Gasteiger partial charge in [-0.15, -0.1) is 0 Å². The average molecular weight is 1170 g/mol. The normalized spacial score (nSPS) is 14.6. The number of aromatic hydroxyl groups is 1. The minimum Gasteiger partial charge on any atom is -0.508 e. The number of aliphatic hydroxyl groups excluding tert-OH is 1. The SMILES string of the molecule is CSCCC(N)C(=O)NC(CC(N)=O)C(=O)NC(CC(N)=O)C(=O)NC(CCSC)C(=O)NC(CCCCN)C(=O)NC(CO)C(=O)NC(C)C(=O)NC(CC(=O)O)C(=O)NC(CC(N)=O)C(=O)NC(C=O)Cc1ccc(O)cc1. The van der Waals surface area contributed by atoms with Crippen LogP contribution in [0.5, 0.6) is 5.75 Å². The van der Waals surface area contributed by atoms with E-state index in [4.69, 9.17) is 28.7 Å². The zero-order valence-electron chi connectivity index (χ0n) is 44.3. The number of hydrogen-bond acceptors (Lipinski definition) is 20. The van der Waals surface area contributed by atoms with Crippen LogP contribution in [0, 0.1) is 0 Å². The first kappa shape index (κ1) is 70.4. The van der Waals surface area contributed by atoms with Gasteiger partial charge in [-0.05, 0) is 93.7 Å². The molecule has 0 aliphatic carbocycles. The summed E-state index contributed by atoms with van der Waals surface area (Å²) in [5, 5.41) is 49.8. The highest BCUT2D eigenvalue weighted by atomic mass is 32.2. The van der Waals surface area contributed by atoms with Gasteiger partial charge in [0.15, 0.2) is 0 Å². The van der Waals surface area contributed by atoms with Gasteiger partial charge in [-0.1, -0.05) is 12.1 Å². The number of carboxylic acid groups (broad SMARTS) is 1. The molecule has 0 saturated heterocycles. The Kier molecular flexibility index (Phi) is 32.8. The Bertz CT molecular complexity index is 2340. The minimum absolute atomic E-state index is 0.0685. The fourth-order valence-electron chi connectivity index (χ4n) is 7.07. The summed E-state index contributed by atoms with van der Waals surface area (Å²) in [7, 11) is 0. The van der Waals surface area contributed by atoms with Crippen molar-refractivity contribution in [3.8, 4) is 5.75 Å². The van der Waals surface area contributed by atoms with Crippen LogP contribution in [-0.4, -0.2) is 196 Å². The van der Waals surface area contributed by atoms with Gasteiger partial charge in [-0.2, -0.15) is 23.5 Å². The number of nitrogens with two attached hydrogens (primary N) is 5. The van der Waals surface area contributed by atoms with Crippen molar-refractivity contribution >= 4 is 107 Å². The Labute approximate surface area is 468 Å². The number of amides is 12. The molecule has 0 aromatic heterocycles. The van der Waals surface area contributed by atoms with Crippen molar-refractivity contribution < 1.29 is 82.4 Å². The number of thioether (sulfide) groups is 2. The summed E-state index contributed by atoms with van der Waals surface area (Å²) in [5.41, 5.74) is 28.0. The van der Waals surface area contributed by atoms with Gasteiger partial charge in [0.2, 0.25) is 70.9 Å². The summed E-state index contributed by atoms with van der Waals surface area (Å²) in [6.07, 6.45) is 0.731. The third-order valence-corrected chi connectivity index (χ3v) is 12.7. The van der Waals surface area contributed by atoms with Gasteiger partial charge in [0.05, 0.1) is 44.4 Å². The Morgan fingerprint density at radius 2 is 0.912 bits per heavy atom. The molecule has 1 rings (SSSR count). The first-order chi connectivity index (χ1) is 37.7. The molecule has 0 radical (unpaired) electrons. The Balaban J connectivity index is 3.28. The molecule has 446 valence electrons. The van der Waals surface area contributed by atoms with Gasteiger partial charge in [0.1, 0.15) is 60.4 Å². The Hall–Kier alpha value is -7.62. The molecule has 0 fully saturated rings. The molecule has 12 amide bonds. The molecule has 1 aromatic rings. The summed E-state index contributed by atoms with van der Waals surface area (Å²) < 4.78 is 0. The standard InChI is InChI=1S/C47H74N14O17S2/c1-23(39(70)57-33(20-38(68)69)46(77)59-30(17-35(50)65)43(74)54-25(21-62)16-24-7-9-26(64)10-8-24)53-47(78)34(22-63)61-41(72)28(6-4-5-13-48)55-42(73)29(12-15-80-3)56-44(75)32(19-37(52)67)60-45(76)31(18-36(51)66)58-40(71)27(49)11-14-79-2/h7-10,21,23,25,27-34,63-64H,4-6,11-20,22,48-49H2,1-3H3,(H2,50,65)(H2,51,66)(H2,52,67)(H,53,78)(H,54,74)(H,55,73)(H,56,75)(H,57,70)(H,58,71)(H,59,77)(H,60,76)(H,61,72)(H,68,69). The molecule has 0 bridgehead atoms. The number of rotatable bonds is 40. The lowest BCUT2D eigenvalue weighted by atomic mass is 10.1. The maximum atomic E-state index is 13.9. The molecule has 10 atom stereocenters. The zero-order valence-corrected chi connectivity index (χ0v) is 46.0. The summed E-state index contributed by atoms with van der Waals surface area (Å²) in [6, 6.07) is -10.3. The first-order valence-electron chi connectivity index (χ1n) is 24.8. The molecule has 1 aromatic carbocycles. The monoisotopic (exact) mass is 1170 g/mol. The molecular weight excluding hydrogens is 1100 g/mol. The fourth-order valence-corrected chi connectivity index (χ4v) is 8.03. The van der Waals surface area contributed by atoms with E-state index in [9.17, 15) is 82.4 Å². The quantitative estimate of drug-likeness (QED) is 0.0214. The smallest absolute Gasteiger partial charge is 0.305 e. The highest BCUT2D eigenvalue weighted by Crippen LogP contribution is 2.12. The predicted octanol–water partition coefficient (Wildman–Crippen LogP) is -7.43. The van der Waals surface area contributed by atoms with Crippen LogP contribution < -0.4 is 76.5 Å². The molecule has 0 saturated carbocycles. The van der Waals surface area contributed by atoms with E-state index in [2.05, 4.69) is 47.9 Å². The number of unbranched alkanes of at least 4 members (excludes halogenated alkanes) is 1. The van der Waals surface area contributed by atoms with E-state index in [1.807, 2.05) is 0 Å². The van der Waals surface area contributed by atoms with Gasteiger partial charge in [-0.25, -0.2) is 0 Å². The number of hydrogen-bond donors (Lipinski definition) is 17. The van der Waals surface area contributed by atoms with Gasteiger partial charge in [-0.3, -0.25) is 62.3 Å². The summed E-state index contributed by atoms with van der Waals surface area (Å²) >= 11 is 2.65. The van der Waals surface area contributed by atoms with Crippen LogP contribution in [0.4, 0.5) is 0 Å². The maximum absolute atomic E-state index is 13.9. The number of phenols is 1. The second-order valence-electron chi connectivity index (χ2n) is 18.0. The lowest BCUT2D eigenvalue weighted by molar-refractivity contribution is -0.142. The molecule has 0 aliphatic rings. The highest BCUT2D eigenvalue weighted by molar-refractivity contribution is 7.98. The van der Waals surface area contributed by atoms with Crippen LogP contribution in [-0.2, 0) is 73.5 Å². The number of phenolic OH excluding ortho intramolecular Hbond substituents is 1. The zero-order chi connectivity index (χ0) is 60.6. The molecule has 10 unspecified atom stereocenters. The van der Waals surface area contributed by atoms with E-state index in [-0.39, 0.29) is 50.2 Å². The molecule has 0 spiro atoms. The van der Waals surface area contributed by atoms with Gasteiger partial charge in [0.25, 0.3) is 0 Å². The number of carbonyl (C=O) groups is 14. The van der Waals surface area contributed by atoms with Crippen LogP contribution in [0.1, 0.15) is 70.3 Å². The van der Waals surface area contributed by atoms with Crippen molar-refractivity contribution in [1.29, 1.82) is 0 Å². The number of primary amides is 3. The van der Waals surface area contributed by atoms with Crippen LogP contribution in [0.25, 0.3) is 0 Å². The van der Waals surface area contributed by atoms with Crippen molar-refractivity contribution in [2.45, 2.75) is 132 Å². The first-order valence-corrected chi connectivity index (χ1v) is 27.6. The van der Waals surface area contributed by atoms with Crippen molar-refractivity contribution in [2.24, 2.45) is 28.7 Å². The fraction of sp³-hybridized carbons (Fsp3) is 0.574. The number of aliphatic hydroxyl groups is 1. The average Bonchev–Trinajstić information content (AvgIpc) is 3.38. The third kappa shape index (κ3) is 27.3. The van der Waals surface area contributed by atoms with Crippen LogP contribution >= 0.6 is 23.5 Å². The van der Waals surface area contributed by atoms with E-state index >= 15 is 0 Å². The molecule has 33 heteroatoms. The van der Waals surface area contributed by atoms with Crippen molar-refractivity contribution in [3.63, 3.8) is 0 Å². The molecule has 80 heavy (non-hydrogen) atoms. The topological polar surface area (TPSA) is 538 Å². The van der Waals surface area contributed by atoms with Gasteiger partial charge >= 0.3 is 5.97 Å². The lowest BCUT2D eigenvalue weighted by Crippen LogP contribution is -2.61. The molecular formula is C47H74N14O17S2. The van der Waals surface area contributed by atoms with Gasteiger partial charge < -0.3 is 96.6 Å². The van der Waals surface area contributed by atoms with E-state index in [0.717, 1.165) is 6.92 Å². The van der Waals surface area contributed by atoms with E-state index < -0.39 is 170 Å². The summed E-state index contributed by atoms with van der Waals surface area (Å²) in [4.78, 5) is 181. The van der Waals surface area contributed by atoms with E-state index in [1.54, 1.807) is 12.5 Å². The van der Waals surface area contributed by atoms with Crippen LogP contribution in [0.15, 0.2) is 24.3 Å². The lowest BCUT2D eigenvalue weighted by Gasteiger charge is -2.27. The van der Waals surface area contributed by atoms with E-state index in [1.165, 1.54) is 47.8 Å². The molecule has 0 heterocycles. The summed E-state index contributed by atoms with van der Waals surface area (Å²) in [6.45, 7) is 0.134. The number of aldehydes is 1. The van der Waals surface area contributed by atoms with Crippen molar-refractivity contribution in [1.82, 2.24) is 47.9 Å². The van der Waals surface area contributed by atoms with Crippen LogP contribution in [0.2, 0.25) is 0 Å². The maximum Gasteiger partial charge on any atom is 0.305 e. The second-order valence-corrected chi connectivity index (χ2v) is 20.0. The number of nitrogens with one attached hydrogen (secondary N) is 9. The van der Waals surface area contributed by atoms with Crippen molar-refractivity contribution in [2.75, 3.05) is 37.2 Å². The summed E-state index contributed by atoms with van der Waals surface area (Å²) in [5.74, 6) is -14.1. The number of aliphatic carboxylic acids is 1. The third-order valence-electron chi connectivity index (χ3n) is 11.4. The second kappa shape index (κ2) is 37.3.